The predicted molar refractivity (Wildman–Crippen MR) is 69.3 cm³/mol. The molecule has 0 N–H and O–H groups in total. The molecular formula is C13H16ClN3. The second-order valence-corrected chi connectivity index (χ2v) is 5.86. The van der Waals surface area contributed by atoms with Gasteiger partial charge in [-0.2, -0.15) is 0 Å². The van der Waals surface area contributed by atoms with Gasteiger partial charge in [-0.1, -0.05) is 13.8 Å². The Kier molecular flexibility index (Phi) is 2.24. The molecule has 1 atom stereocenters. The first kappa shape index (κ1) is 11.0. The Morgan fingerprint density at radius 2 is 2.24 bits per heavy atom. The molecule has 2 heterocycles. The molecular weight excluding hydrogens is 234 g/mol. The maximum atomic E-state index is 6.00. The molecule has 2 aromatic heterocycles. The summed E-state index contributed by atoms with van der Waals surface area (Å²) in [5.74, 6) is 1.39. The quantitative estimate of drug-likeness (QED) is 0.764. The third-order valence-corrected chi connectivity index (χ3v) is 3.87. The third kappa shape index (κ3) is 1.64. The van der Waals surface area contributed by atoms with Crippen molar-refractivity contribution in [3.63, 3.8) is 0 Å². The van der Waals surface area contributed by atoms with Crippen LogP contribution in [-0.4, -0.2) is 14.5 Å². The van der Waals surface area contributed by atoms with Crippen molar-refractivity contribution in [3.05, 3.63) is 23.7 Å². The number of halogens is 1. The minimum atomic E-state index is 0.348. The standard InChI is InChI=1S/C13H16ClN3/c1-8-4-9-12(15-7-8)17(11(6-14)16-9)10-5-13(10,2)3/h4,7,10H,5-6H2,1-3H3. The van der Waals surface area contributed by atoms with Gasteiger partial charge in [0, 0.05) is 12.2 Å². The van der Waals surface area contributed by atoms with Gasteiger partial charge in [0.2, 0.25) is 0 Å². The van der Waals surface area contributed by atoms with Crippen LogP contribution in [0.15, 0.2) is 12.3 Å². The molecule has 0 saturated heterocycles. The zero-order valence-corrected chi connectivity index (χ0v) is 11.1. The summed E-state index contributed by atoms with van der Waals surface area (Å²) in [5, 5.41) is 0. The van der Waals surface area contributed by atoms with E-state index in [2.05, 4.69) is 34.4 Å². The van der Waals surface area contributed by atoms with Gasteiger partial charge in [0.05, 0.1) is 5.88 Å². The van der Waals surface area contributed by atoms with Crippen molar-refractivity contribution >= 4 is 22.8 Å². The SMILES string of the molecule is Cc1cnc2c(c1)nc(CCl)n2C1CC1(C)C. The van der Waals surface area contributed by atoms with Crippen LogP contribution in [0.2, 0.25) is 0 Å². The summed E-state index contributed by atoms with van der Waals surface area (Å²) in [5.41, 5.74) is 3.42. The van der Waals surface area contributed by atoms with Crippen molar-refractivity contribution in [2.75, 3.05) is 0 Å². The third-order valence-electron chi connectivity index (χ3n) is 3.63. The number of pyridine rings is 1. The van der Waals surface area contributed by atoms with Crippen molar-refractivity contribution in [1.29, 1.82) is 0 Å². The number of nitrogens with zero attached hydrogens (tertiary/aromatic N) is 3. The zero-order valence-electron chi connectivity index (χ0n) is 10.4. The normalized spacial score (nSPS) is 22.0. The Bertz CT molecular complexity index is 586. The van der Waals surface area contributed by atoms with Gasteiger partial charge in [-0.25, -0.2) is 9.97 Å². The molecule has 90 valence electrons. The molecule has 17 heavy (non-hydrogen) atoms. The van der Waals surface area contributed by atoms with Gasteiger partial charge in [0.25, 0.3) is 0 Å². The zero-order chi connectivity index (χ0) is 12.2. The van der Waals surface area contributed by atoms with Crippen molar-refractivity contribution in [2.45, 2.75) is 39.1 Å². The number of fused-ring (bicyclic) bond motifs is 1. The Morgan fingerprint density at radius 3 is 2.82 bits per heavy atom. The van der Waals surface area contributed by atoms with E-state index in [1.807, 2.05) is 13.1 Å². The van der Waals surface area contributed by atoms with E-state index < -0.39 is 0 Å². The van der Waals surface area contributed by atoms with Gasteiger partial charge in [-0.15, -0.1) is 11.6 Å². The van der Waals surface area contributed by atoms with E-state index in [0.717, 1.165) is 22.6 Å². The average Bonchev–Trinajstić information content (AvgIpc) is 2.74. The maximum absolute atomic E-state index is 6.00. The molecule has 4 heteroatoms. The molecule has 2 aromatic rings. The largest absolute Gasteiger partial charge is 0.308 e. The number of aryl methyl sites for hydroxylation is 1. The van der Waals surface area contributed by atoms with Crippen LogP contribution in [0.25, 0.3) is 11.2 Å². The number of alkyl halides is 1. The fraction of sp³-hybridized carbons (Fsp3) is 0.538. The monoisotopic (exact) mass is 249 g/mol. The highest BCUT2D eigenvalue weighted by Crippen LogP contribution is 2.56. The van der Waals surface area contributed by atoms with Crippen LogP contribution in [0.5, 0.6) is 0 Å². The second kappa shape index (κ2) is 3.45. The van der Waals surface area contributed by atoms with E-state index in [1.54, 1.807) is 0 Å². The van der Waals surface area contributed by atoms with Crippen LogP contribution in [0, 0.1) is 12.3 Å². The van der Waals surface area contributed by atoms with Crippen molar-refractivity contribution in [3.8, 4) is 0 Å². The van der Waals surface area contributed by atoms with Crippen molar-refractivity contribution in [2.24, 2.45) is 5.41 Å². The predicted octanol–water partition coefficient (Wildman–Crippen LogP) is 3.45. The molecule has 0 aromatic carbocycles. The highest BCUT2D eigenvalue weighted by atomic mass is 35.5. The Labute approximate surface area is 106 Å². The molecule has 1 unspecified atom stereocenters. The molecule has 1 saturated carbocycles. The first-order chi connectivity index (χ1) is 8.03. The van der Waals surface area contributed by atoms with Crippen molar-refractivity contribution in [1.82, 2.24) is 14.5 Å². The highest BCUT2D eigenvalue weighted by molar-refractivity contribution is 6.16. The first-order valence-electron chi connectivity index (χ1n) is 5.92. The van der Waals surface area contributed by atoms with E-state index in [1.165, 1.54) is 6.42 Å². The van der Waals surface area contributed by atoms with Crippen molar-refractivity contribution < 1.29 is 0 Å². The van der Waals surface area contributed by atoms with Gasteiger partial charge in [0.1, 0.15) is 11.3 Å². The molecule has 3 rings (SSSR count). The summed E-state index contributed by atoms with van der Waals surface area (Å²) in [4.78, 5) is 9.11. The van der Waals surface area contributed by atoms with E-state index in [-0.39, 0.29) is 0 Å². The number of aromatic nitrogens is 3. The number of hydrogen-bond acceptors (Lipinski definition) is 2. The minimum Gasteiger partial charge on any atom is -0.308 e. The highest BCUT2D eigenvalue weighted by Gasteiger charge is 2.48. The van der Waals surface area contributed by atoms with E-state index >= 15 is 0 Å². The topological polar surface area (TPSA) is 30.7 Å². The molecule has 0 spiro atoms. The summed E-state index contributed by atoms with van der Waals surface area (Å²) in [7, 11) is 0. The summed E-state index contributed by atoms with van der Waals surface area (Å²) in [6.45, 7) is 6.58. The lowest BCUT2D eigenvalue weighted by Crippen LogP contribution is -2.05. The fourth-order valence-corrected chi connectivity index (χ4v) is 2.62. The van der Waals surface area contributed by atoms with Crippen LogP contribution >= 0.6 is 11.6 Å². The fourth-order valence-electron chi connectivity index (χ4n) is 2.43. The summed E-state index contributed by atoms with van der Waals surface area (Å²) < 4.78 is 2.22. The number of rotatable bonds is 2. The van der Waals surface area contributed by atoms with E-state index in [4.69, 9.17) is 11.6 Å². The lowest BCUT2D eigenvalue weighted by atomic mass is 10.2. The second-order valence-electron chi connectivity index (χ2n) is 5.60. The lowest BCUT2D eigenvalue weighted by molar-refractivity contribution is 0.538. The van der Waals surface area contributed by atoms with Gasteiger partial charge in [-0.3, -0.25) is 0 Å². The molecule has 3 nitrogen and oxygen atoms in total. The van der Waals surface area contributed by atoms with Crippen LogP contribution in [0.3, 0.4) is 0 Å². The molecule has 0 aliphatic heterocycles. The molecule has 0 radical (unpaired) electrons. The molecule has 0 amide bonds. The van der Waals surface area contributed by atoms with Gasteiger partial charge in [0.15, 0.2) is 5.65 Å². The van der Waals surface area contributed by atoms with Gasteiger partial charge < -0.3 is 4.57 Å². The summed E-state index contributed by atoms with van der Waals surface area (Å²) >= 11 is 6.00. The van der Waals surface area contributed by atoms with Gasteiger partial charge in [-0.05, 0) is 30.4 Å². The average molecular weight is 250 g/mol. The Hall–Kier alpha value is -1.09. The Balaban J connectivity index is 2.21. The Morgan fingerprint density at radius 1 is 1.53 bits per heavy atom. The summed E-state index contributed by atoms with van der Waals surface area (Å²) in [6, 6.07) is 2.57. The number of imidazole rings is 1. The molecule has 1 aliphatic carbocycles. The maximum Gasteiger partial charge on any atom is 0.160 e. The van der Waals surface area contributed by atoms with Gasteiger partial charge >= 0.3 is 0 Å². The van der Waals surface area contributed by atoms with Crippen LogP contribution in [-0.2, 0) is 5.88 Å². The minimum absolute atomic E-state index is 0.348. The smallest absolute Gasteiger partial charge is 0.160 e. The van der Waals surface area contributed by atoms with Crippen LogP contribution < -0.4 is 0 Å². The van der Waals surface area contributed by atoms with Crippen LogP contribution in [0.1, 0.15) is 37.7 Å². The lowest BCUT2D eigenvalue weighted by Gasteiger charge is -2.08. The van der Waals surface area contributed by atoms with Crippen LogP contribution in [0.4, 0.5) is 0 Å². The summed E-state index contributed by atoms with van der Waals surface area (Å²) in [6.07, 6.45) is 3.08. The van der Waals surface area contributed by atoms with E-state index in [9.17, 15) is 0 Å². The molecule has 1 fully saturated rings. The molecule has 1 aliphatic rings. The molecule has 0 bridgehead atoms. The number of hydrogen-bond donors (Lipinski definition) is 0. The first-order valence-corrected chi connectivity index (χ1v) is 6.46. The van der Waals surface area contributed by atoms with E-state index in [0.29, 0.717) is 17.3 Å².